The molecule has 2 N–H and O–H groups in total. The summed E-state index contributed by atoms with van der Waals surface area (Å²) < 4.78 is 1.21. The van der Waals surface area contributed by atoms with Crippen molar-refractivity contribution in [3.8, 4) is 0 Å². The summed E-state index contributed by atoms with van der Waals surface area (Å²) in [6.45, 7) is 3.36. The molecule has 1 saturated heterocycles. The molecule has 1 heterocycles. The van der Waals surface area contributed by atoms with Crippen molar-refractivity contribution in [3.63, 3.8) is 0 Å². The number of nitrogens with zero attached hydrogens (tertiary/aromatic N) is 1. The zero-order chi connectivity index (χ0) is 13.4. The van der Waals surface area contributed by atoms with Gasteiger partial charge in [-0.05, 0) is 56.3 Å². The third-order valence-electron chi connectivity index (χ3n) is 4.52. The lowest BCUT2D eigenvalue weighted by Crippen LogP contribution is -2.41. The minimum Gasteiger partial charge on any atom is -0.326 e. The zero-order valence-corrected chi connectivity index (χ0v) is 13.2. The van der Waals surface area contributed by atoms with Crippen molar-refractivity contribution < 1.29 is 0 Å². The van der Waals surface area contributed by atoms with Crippen molar-refractivity contribution in [1.82, 2.24) is 4.90 Å². The number of rotatable bonds is 2. The molecule has 2 nitrogen and oxygen atoms in total. The van der Waals surface area contributed by atoms with Gasteiger partial charge in [0.2, 0.25) is 0 Å². The van der Waals surface area contributed by atoms with E-state index in [9.17, 15) is 0 Å². The van der Waals surface area contributed by atoms with E-state index in [0.29, 0.717) is 6.04 Å². The molecule has 0 bridgehead atoms. The van der Waals surface area contributed by atoms with Crippen LogP contribution in [-0.2, 0) is 0 Å². The Hall–Kier alpha value is -0.380. The maximum absolute atomic E-state index is 6.50. The van der Waals surface area contributed by atoms with E-state index in [1.54, 1.807) is 0 Å². The summed E-state index contributed by atoms with van der Waals surface area (Å²) in [5.41, 5.74) is 9.18. The lowest BCUT2D eigenvalue weighted by atomic mass is 9.95. The maximum atomic E-state index is 6.50. The van der Waals surface area contributed by atoms with Gasteiger partial charge in [-0.2, -0.15) is 0 Å². The second-order valence-electron chi connectivity index (χ2n) is 6.08. The molecule has 0 radical (unpaired) electrons. The topological polar surface area (TPSA) is 29.3 Å². The number of nitrogens with two attached hydrogens (primary N) is 1. The van der Waals surface area contributed by atoms with Crippen LogP contribution < -0.4 is 5.73 Å². The summed E-state index contributed by atoms with van der Waals surface area (Å²) in [5.74, 6) is 0. The minimum atomic E-state index is 0.276. The Kier molecular flexibility index (Phi) is 3.97. The van der Waals surface area contributed by atoms with Gasteiger partial charge in [0.15, 0.2) is 0 Å². The van der Waals surface area contributed by atoms with E-state index in [1.165, 1.54) is 47.8 Å². The first-order chi connectivity index (χ1) is 9.16. The van der Waals surface area contributed by atoms with Gasteiger partial charge < -0.3 is 5.73 Å². The second kappa shape index (κ2) is 5.55. The van der Waals surface area contributed by atoms with E-state index in [-0.39, 0.29) is 6.04 Å². The van der Waals surface area contributed by atoms with E-state index in [1.807, 2.05) is 0 Å². The van der Waals surface area contributed by atoms with Gasteiger partial charge in [0.1, 0.15) is 0 Å². The molecule has 2 atom stereocenters. The van der Waals surface area contributed by atoms with Crippen LogP contribution in [0.5, 0.6) is 0 Å². The van der Waals surface area contributed by atoms with Gasteiger partial charge in [0.25, 0.3) is 0 Å². The van der Waals surface area contributed by atoms with Gasteiger partial charge in [-0.1, -0.05) is 34.5 Å². The SMILES string of the molecule is Cc1ccc(C2C(N)CCCCN2C2CC2)cc1Br. The van der Waals surface area contributed by atoms with Crippen LogP contribution in [0.25, 0.3) is 0 Å². The number of aryl methyl sites for hydroxylation is 1. The summed E-state index contributed by atoms with van der Waals surface area (Å²) in [4.78, 5) is 2.68. The number of likely N-dealkylation sites (tertiary alicyclic amines) is 1. The second-order valence-corrected chi connectivity index (χ2v) is 6.94. The van der Waals surface area contributed by atoms with Crippen LogP contribution in [0.3, 0.4) is 0 Å². The fraction of sp³-hybridized carbons (Fsp3) is 0.625. The highest BCUT2D eigenvalue weighted by atomic mass is 79.9. The van der Waals surface area contributed by atoms with Gasteiger partial charge in [-0.3, -0.25) is 4.90 Å². The van der Waals surface area contributed by atoms with Crippen LogP contribution in [0, 0.1) is 6.92 Å². The normalized spacial score (nSPS) is 29.2. The Labute approximate surface area is 124 Å². The Morgan fingerprint density at radius 3 is 2.68 bits per heavy atom. The Balaban J connectivity index is 1.93. The number of hydrogen-bond donors (Lipinski definition) is 1. The largest absolute Gasteiger partial charge is 0.326 e. The molecule has 1 aromatic carbocycles. The van der Waals surface area contributed by atoms with Crippen LogP contribution in [-0.4, -0.2) is 23.5 Å². The predicted octanol–water partition coefficient (Wildman–Crippen LogP) is 3.77. The van der Waals surface area contributed by atoms with Crippen molar-refractivity contribution in [2.75, 3.05) is 6.54 Å². The van der Waals surface area contributed by atoms with Crippen molar-refractivity contribution >= 4 is 15.9 Å². The van der Waals surface area contributed by atoms with Crippen molar-refractivity contribution in [1.29, 1.82) is 0 Å². The molecule has 1 aliphatic carbocycles. The van der Waals surface area contributed by atoms with Crippen molar-refractivity contribution in [3.05, 3.63) is 33.8 Å². The van der Waals surface area contributed by atoms with Crippen LogP contribution in [0.1, 0.15) is 49.3 Å². The third-order valence-corrected chi connectivity index (χ3v) is 5.37. The van der Waals surface area contributed by atoms with Crippen molar-refractivity contribution in [2.24, 2.45) is 5.73 Å². The summed E-state index contributed by atoms with van der Waals surface area (Å²) in [6.07, 6.45) is 6.44. The minimum absolute atomic E-state index is 0.276. The van der Waals surface area contributed by atoms with E-state index in [2.05, 4.69) is 46.0 Å². The number of benzene rings is 1. The molecule has 2 fully saturated rings. The molecule has 2 aliphatic rings. The summed E-state index contributed by atoms with van der Waals surface area (Å²) in [6, 6.07) is 8.23. The molecular formula is C16H23BrN2. The fourth-order valence-corrected chi connectivity index (χ4v) is 3.66. The first-order valence-corrected chi connectivity index (χ1v) is 8.23. The highest BCUT2D eigenvalue weighted by Gasteiger charge is 2.38. The summed E-state index contributed by atoms with van der Waals surface area (Å²) in [5, 5.41) is 0. The molecule has 0 amide bonds. The third kappa shape index (κ3) is 2.88. The zero-order valence-electron chi connectivity index (χ0n) is 11.6. The molecule has 2 unspecified atom stereocenters. The smallest absolute Gasteiger partial charge is 0.0502 e. The van der Waals surface area contributed by atoms with Crippen molar-refractivity contribution in [2.45, 2.75) is 57.2 Å². The molecular weight excluding hydrogens is 300 g/mol. The van der Waals surface area contributed by atoms with Gasteiger partial charge in [-0.15, -0.1) is 0 Å². The number of halogens is 1. The number of hydrogen-bond acceptors (Lipinski definition) is 2. The summed E-state index contributed by atoms with van der Waals surface area (Å²) in [7, 11) is 0. The van der Waals surface area contributed by atoms with Gasteiger partial charge >= 0.3 is 0 Å². The predicted molar refractivity (Wildman–Crippen MR) is 83.2 cm³/mol. The summed E-state index contributed by atoms with van der Waals surface area (Å²) >= 11 is 3.67. The van der Waals surface area contributed by atoms with Crippen LogP contribution in [0.2, 0.25) is 0 Å². The molecule has 19 heavy (non-hydrogen) atoms. The van der Waals surface area contributed by atoms with E-state index >= 15 is 0 Å². The maximum Gasteiger partial charge on any atom is 0.0502 e. The van der Waals surface area contributed by atoms with E-state index in [4.69, 9.17) is 5.73 Å². The van der Waals surface area contributed by atoms with Gasteiger partial charge in [-0.25, -0.2) is 0 Å². The lowest BCUT2D eigenvalue weighted by Gasteiger charge is -2.34. The molecule has 0 spiro atoms. The first-order valence-electron chi connectivity index (χ1n) is 7.44. The Bertz CT molecular complexity index is 456. The lowest BCUT2D eigenvalue weighted by molar-refractivity contribution is 0.175. The van der Waals surface area contributed by atoms with E-state index in [0.717, 1.165) is 12.5 Å². The highest BCUT2D eigenvalue weighted by molar-refractivity contribution is 9.10. The van der Waals surface area contributed by atoms with Crippen LogP contribution in [0.4, 0.5) is 0 Å². The molecule has 1 aromatic rings. The molecule has 1 aliphatic heterocycles. The quantitative estimate of drug-likeness (QED) is 0.897. The van der Waals surface area contributed by atoms with Crippen LogP contribution in [0.15, 0.2) is 22.7 Å². The monoisotopic (exact) mass is 322 g/mol. The van der Waals surface area contributed by atoms with Gasteiger partial charge in [0.05, 0.1) is 6.04 Å². The first kappa shape index (κ1) is 13.6. The molecule has 3 heteroatoms. The standard InChI is InChI=1S/C16H23BrN2/c1-11-5-6-12(10-14(11)17)16-15(18)4-2-3-9-19(16)13-7-8-13/h5-6,10,13,15-16H,2-4,7-9,18H2,1H3. The molecule has 3 rings (SSSR count). The Morgan fingerprint density at radius 2 is 2.00 bits per heavy atom. The molecule has 0 aromatic heterocycles. The van der Waals surface area contributed by atoms with Crippen LogP contribution >= 0.6 is 15.9 Å². The highest BCUT2D eigenvalue weighted by Crippen LogP contribution is 2.39. The average Bonchev–Trinajstić information content (AvgIpc) is 3.20. The Morgan fingerprint density at radius 1 is 1.21 bits per heavy atom. The molecule has 1 saturated carbocycles. The fourth-order valence-electron chi connectivity index (χ4n) is 3.26. The average molecular weight is 323 g/mol. The van der Waals surface area contributed by atoms with Gasteiger partial charge in [0, 0.05) is 16.6 Å². The van der Waals surface area contributed by atoms with E-state index < -0.39 is 0 Å². The molecule has 104 valence electrons.